The van der Waals surface area contributed by atoms with E-state index < -0.39 is 12.1 Å². The predicted molar refractivity (Wildman–Crippen MR) is 115 cm³/mol. The maximum absolute atomic E-state index is 10.6. The summed E-state index contributed by atoms with van der Waals surface area (Å²) >= 11 is 8.46. The molecule has 1 spiro atoms. The number of aliphatic carboxylic acids is 1. The van der Waals surface area contributed by atoms with Crippen LogP contribution in [0.3, 0.4) is 0 Å². The second-order valence-corrected chi connectivity index (χ2v) is 9.45. The van der Waals surface area contributed by atoms with E-state index in [-0.39, 0.29) is 0 Å². The Bertz CT molecular complexity index is 804. The molecule has 1 aromatic carbocycles. The monoisotopic (exact) mass is 462 g/mol. The first kappa shape index (κ1) is 23.3. The van der Waals surface area contributed by atoms with E-state index in [1.807, 2.05) is 11.8 Å². The molecule has 4 rings (SSSR count). The Balaban J connectivity index is 0.000000318. The van der Waals surface area contributed by atoms with Crippen LogP contribution in [0.5, 0.6) is 0 Å². The zero-order valence-electron chi connectivity index (χ0n) is 16.8. The van der Waals surface area contributed by atoms with Crippen LogP contribution in [0.4, 0.5) is 18.9 Å². The first-order chi connectivity index (χ1) is 14.1. The molecule has 0 aromatic heterocycles. The van der Waals surface area contributed by atoms with Gasteiger partial charge in [0.05, 0.1) is 16.2 Å². The van der Waals surface area contributed by atoms with Crippen molar-refractivity contribution in [1.29, 1.82) is 0 Å². The lowest BCUT2D eigenvalue weighted by Crippen LogP contribution is -2.50. The number of aryl methyl sites for hydroxylation is 1. The van der Waals surface area contributed by atoms with E-state index in [1.54, 1.807) is 0 Å². The van der Waals surface area contributed by atoms with E-state index in [0.29, 0.717) is 11.6 Å². The standard InChI is InChI=1S/C19H25ClN2S.C2HF3O2/c1-14-7-6-10-16(17(14)20)21-18-22(15-8-2-3-9-15)19(13-23-18)11-4-5-12-19;3-2(4,5)1(6)7/h6-7,10,15H,2-5,8-9,11-13H2,1H3;(H,6,7). The molecule has 1 aliphatic heterocycles. The molecule has 166 valence electrons. The fraction of sp³-hybridized carbons (Fsp3) is 0.619. The second-order valence-electron chi connectivity index (χ2n) is 8.13. The van der Waals surface area contributed by atoms with Crippen LogP contribution in [0.2, 0.25) is 5.02 Å². The predicted octanol–water partition coefficient (Wildman–Crippen LogP) is 6.57. The number of alkyl halides is 3. The third-order valence-corrected chi connectivity index (χ3v) is 7.76. The minimum atomic E-state index is -5.08. The molecule has 4 nitrogen and oxygen atoms in total. The van der Waals surface area contributed by atoms with E-state index in [0.717, 1.165) is 16.3 Å². The van der Waals surface area contributed by atoms with Crippen LogP contribution >= 0.6 is 23.4 Å². The summed E-state index contributed by atoms with van der Waals surface area (Å²) in [4.78, 5) is 16.7. The van der Waals surface area contributed by atoms with Gasteiger partial charge in [-0.1, -0.05) is 61.2 Å². The Labute approximate surface area is 183 Å². The normalized spacial score (nSPS) is 22.6. The van der Waals surface area contributed by atoms with Crippen molar-refractivity contribution in [1.82, 2.24) is 4.90 Å². The van der Waals surface area contributed by atoms with Gasteiger partial charge < -0.3 is 10.0 Å². The highest BCUT2D eigenvalue weighted by Gasteiger charge is 2.49. The average Bonchev–Trinajstić information content (AvgIpc) is 3.42. The maximum Gasteiger partial charge on any atom is 0.490 e. The summed E-state index contributed by atoms with van der Waals surface area (Å²) in [7, 11) is 0. The van der Waals surface area contributed by atoms with Crippen LogP contribution in [0.1, 0.15) is 56.9 Å². The number of halogens is 4. The van der Waals surface area contributed by atoms with Gasteiger partial charge in [0.2, 0.25) is 0 Å². The van der Waals surface area contributed by atoms with Gasteiger partial charge in [0, 0.05) is 11.8 Å². The van der Waals surface area contributed by atoms with Gasteiger partial charge in [-0.25, -0.2) is 9.79 Å². The summed E-state index contributed by atoms with van der Waals surface area (Å²) in [5, 5.41) is 9.16. The van der Waals surface area contributed by atoms with Gasteiger partial charge in [-0.2, -0.15) is 13.2 Å². The lowest BCUT2D eigenvalue weighted by Gasteiger charge is -2.40. The molecule has 0 amide bonds. The average molecular weight is 463 g/mol. The summed E-state index contributed by atoms with van der Waals surface area (Å²) in [6.07, 6.45) is 5.78. The van der Waals surface area contributed by atoms with Crippen LogP contribution in [-0.2, 0) is 4.79 Å². The Morgan fingerprint density at radius 1 is 1.23 bits per heavy atom. The highest BCUT2D eigenvalue weighted by Crippen LogP contribution is 2.48. The Morgan fingerprint density at radius 3 is 2.40 bits per heavy atom. The Hall–Kier alpha value is -1.41. The molecule has 3 fully saturated rings. The van der Waals surface area contributed by atoms with Crippen LogP contribution in [0, 0.1) is 6.92 Å². The molecule has 1 saturated heterocycles. The molecule has 3 aliphatic rings. The van der Waals surface area contributed by atoms with Crippen LogP contribution in [0.25, 0.3) is 0 Å². The Morgan fingerprint density at radius 2 is 1.83 bits per heavy atom. The maximum atomic E-state index is 10.6. The Kier molecular flexibility index (Phi) is 7.28. The van der Waals surface area contributed by atoms with Gasteiger partial charge in [-0.3, -0.25) is 0 Å². The van der Waals surface area contributed by atoms with Crippen molar-refractivity contribution in [2.24, 2.45) is 4.99 Å². The highest BCUT2D eigenvalue weighted by molar-refractivity contribution is 8.14. The minimum Gasteiger partial charge on any atom is -0.475 e. The number of benzene rings is 1. The van der Waals surface area contributed by atoms with Gasteiger partial charge in [0.25, 0.3) is 0 Å². The number of thioether (sulfide) groups is 1. The van der Waals surface area contributed by atoms with Gasteiger partial charge >= 0.3 is 12.1 Å². The lowest BCUT2D eigenvalue weighted by molar-refractivity contribution is -0.192. The number of carbonyl (C=O) groups is 1. The molecule has 9 heteroatoms. The number of nitrogens with zero attached hydrogens (tertiary/aromatic N) is 2. The van der Waals surface area contributed by atoms with Gasteiger partial charge in [-0.05, 0) is 44.2 Å². The van der Waals surface area contributed by atoms with Crippen molar-refractivity contribution < 1.29 is 23.1 Å². The molecule has 30 heavy (non-hydrogen) atoms. The molecule has 1 aromatic rings. The molecular weight excluding hydrogens is 437 g/mol. The minimum absolute atomic E-state index is 0.384. The fourth-order valence-electron chi connectivity index (χ4n) is 4.57. The number of amidine groups is 1. The zero-order valence-corrected chi connectivity index (χ0v) is 18.4. The summed E-state index contributed by atoms with van der Waals surface area (Å²) in [5.74, 6) is -1.54. The van der Waals surface area contributed by atoms with Crippen LogP contribution in [0.15, 0.2) is 23.2 Å². The summed E-state index contributed by atoms with van der Waals surface area (Å²) < 4.78 is 31.7. The van der Waals surface area contributed by atoms with Gasteiger partial charge in [0.1, 0.15) is 0 Å². The zero-order chi connectivity index (χ0) is 21.9. The first-order valence-corrected chi connectivity index (χ1v) is 11.6. The number of hydrogen-bond acceptors (Lipinski definition) is 3. The molecular formula is C21H26ClF3N2O2S. The third kappa shape index (κ3) is 5.07. The number of carboxylic acid groups (broad SMARTS) is 1. The first-order valence-electron chi connectivity index (χ1n) is 10.2. The molecule has 0 atom stereocenters. The molecule has 1 heterocycles. The quantitative estimate of drug-likeness (QED) is 0.539. The van der Waals surface area contributed by atoms with E-state index >= 15 is 0 Å². The van der Waals surface area contributed by atoms with E-state index in [1.165, 1.54) is 62.3 Å². The molecule has 0 bridgehead atoms. The molecule has 2 aliphatic carbocycles. The van der Waals surface area contributed by atoms with E-state index in [2.05, 4.69) is 30.0 Å². The SMILES string of the molecule is Cc1cccc(N=C2SCC3(CCCC3)N2C2CCCC2)c1Cl.O=C(O)C(F)(F)F. The number of aliphatic imine (C=N–C) groups is 1. The van der Waals surface area contributed by atoms with Crippen LogP contribution in [-0.4, -0.2) is 44.7 Å². The van der Waals surface area contributed by atoms with Crippen molar-refractivity contribution in [3.63, 3.8) is 0 Å². The number of hydrogen-bond donors (Lipinski definition) is 1. The molecule has 0 unspecified atom stereocenters. The topological polar surface area (TPSA) is 52.9 Å². The van der Waals surface area contributed by atoms with Crippen LogP contribution < -0.4 is 0 Å². The largest absolute Gasteiger partial charge is 0.490 e. The summed E-state index contributed by atoms with van der Waals surface area (Å²) in [6.45, 7) is 2.06. The lowest BCUT2D eigenvalue weighted by atomic mass is 9.95. The second kappa shape index (κ2) is 9.39. The molecule has 2 saturated carbocycles. The van der Waals surface area contributed by atoms with Crippen molar-refractivity contribution in [3.8, 4) is 0 Å². The summed E-state index contributed by atoms with van der Waals surface area (Å²) in [5.41, 5.74) is 2.43. The van der Waals surface area contributed by atoms with Crippen molar-refractivity contribution in [2.45, 2.75) is 76.0 Å². The number of carboxylic acids is 1. The van der Waals surface area contributed by atoms with Gasteiger partial charge in [0.15, 0.2) is 5.17 Å². The number of rotatable bonds is 2. The molecule has 1 N–H and O–H groups in total. The summed E-state index contributed by atoms with van der Waals surface area (Å²) in [6, 6.07) is 6.87. The van der Waals surface area contributed by atoms with Crippen molar-refractivity contribution in [2.75, 3.05) is 5.75 Å². The van der Waals surface area contributed by atoms with Crippen molar-refractivity contribution in [3.05, 3.63) is 28.8 Å². The van der Waals surface area contributed by atoms with E-state index in [4.69, 9.17) is 26.5 Å². The van der Waals surface area contributed by atoms with Crippen molar-refractivity contribution >= 4 is 40.2 Å². The highest BCUT2D eigenvalue weighted by atomic mass is 35.5. The van der Waals surface area contributed by atoms with E-state index in [9.17, 15) is 13.2 Å². The van der Waals surface area contributed by atoms with Gasteiger partial charge in [-0.15, -0.1) is 0 Å². The third-order valence-electron chi connectivity index (χ3n) is 6.04. The molecule has 0 radical (unpaired) electrons. The fourth-order valence-corrected chi connectivity index (χ4v) is 6.21. The smallest absolute Gasteiger partial charge is 0.475 e.